The Morgan fingerprint density at radius 1 is 1.26 bits per heavy atom. The van der Waals surface area contributed by atoms with E-state index in [0.717, 1.165) is 16.5 Å². The van der Waals surface area contributed by atoms with Crippen molar-refractivity contribution in [3.8, 4) is 11.5 Å². The first-order valence-corrected chi connectivity index (χ1v) is 11.5. The molecule has 0 bridgehead atoms. The number of carbonyl (C=O) groups excluding carboxylic acids is 2. The number of amides is 2. The van der Waals surface area contributed by atoms with E-state index in [0.29, 0.717) is 10.0 Å². The summed E-state index contributed by atoms with van der Waals surface area (Å²) in [5, 5.41) is 17.5. The number of phenols is 1. The highest BCUT2D eigenvalue weighted by Crippen LogP contribution is 2.34. The van der Waals surface area contributed by atoms with Crippen molar-refractivity contribution >= 4 is 45.0 Å². The lowest BCUT2D eigenvalue weighted by Crippen LogP contribution is -2.47. The SMILES string of the molecule is COc1cc(/C=N/NC(=O)C(Cc2c[nH]c3ccccc23)NC(=O)OCC(C)C)cc(Br)c1O. The molecule has 2 aromatic carbocycles. The molecule has 1 unspecified atom stereocenters. The van der Waals surface area contributed by atoms with Crippen molar-refractivity contribution in [1.29, 1.82) is 0 Å². The molecule has 0 saturated carbocycles. The van der Waals surface area contributed by atoms with Gasteiger partial charge in [0.2, 0.25) is 0 Å². The van der Waals surface area contributed by atoms with Gasteiger partial charge < -0.3 is 24.9 Å². The minimum absolute atomic E-state index is 0.0356. The zero-order valence-electron chi connectivity index (χ0n) is 19.1. The zero-order chi connectivity index (χ0) is 24.7. The Morgan fingerprint density at radius 2 is 2.03 bits per heavy atom. The molecule has 0 fully saturated rings. The van der Waals surface area contributed by atoms with Crippen molar-refractivity contribution in [1.82, 2.24) is 15.7 Å². The van der Waals surface area contributed by atoms with Crippen molar-refractivity contribution in [2.45, 2.75) is 26.3 Å². The van der Waals surface area contributed by atoms with Crippen LogP contribution in [0.2, 0.25) is 0 Å². The van der Waals surface area contributed by atoms with Crippen molar-refractivity contribution in [2.75, 3.05) is 13.7 Å². The summed E-state index contributed by atoms with van der Waals surface area (Å²) in [5.74, 6) is -0.119. The molecule has 2 amide bonds. The van der Waals surface area contributed by atoms with Crippen LogP contribution in [0.5, 0.6) is 11.5 Å². The molecule has 4 N–H and O–H groups in total. The van der Waals surface area contributed by atoms with E-state index < -0.39 is 18.0 Å². The molecule has 1 aromatic heterocycles. The standard InChI is InChI=1S/C24H27BrN4O5/c1-14(2)13-34-24(32)28-20(10-16-12-26-19-7-5-4-6-17(16)19)23(31)29-27-11-15-8-18(25)22(30)21(9-15)33-3/h4-9,11-12,14,20,26,30H,10,13H2,1-3H3,(H,28,32)(H,29,31)/b27-11+. The summed E-state index contributed by atoms with van der Waals surface area (Å²) >= 11 is 3.24. The molecule has 0 aliphatic carbocycles. The molecule has 1 atom stereocenters. The average Bonchev–Trinajstić information content (AvgIpc) is 3.22. The van der Waals surface area contributed by atoms with Gasteiger partial charge in [0.25, 0.3) is 5.91 Å². The van der Waals surface area contributed by atoms with E-state index in [4.69, 9.17) is 9.47 Å². The summed E-state index contributed by atoms with van der Waals surface area (Å²) in [4.78, 5) is 28.4. The Labute approximate surface area is 205 Å². The van der Waals surface area contributed by atoms with Gasteiger partial charge in [-0.25, -0.2) is 10.2 Å². The van der Waals surface area contributed by atoms with Crippen LogP contribution in [0.1, 0.15) is 25.0 Å². The summed E-state index contributed by atoms with van der Waals surface area (Å²) in [5.41, 5.74) is 4.85. The number of carbonyl (C=O) groups is 2. The average molecular weight is 531 g/mol. The molecule has 34 heavy (non-hydrogen) atoms. The van der Waals surface area contributed by atoms with Crippen LogP contribution in [0.25, 0.3) is 10.9 Å². The van der Waals surface area contributed by atoms with E-state index in [1.165, 1.54) is 13.3 Å². The van der Waals surface area contributed by atoms with Crippen LogP contribution < -0.4 is 15.5 Å². The Kier molecular flexibility index (Phi) is 8.53. The highest BCUT2D eigenvalue weighted by molar-refractivity contribution is 9.10. The van der Waals surface area contributed by atoms with Gasteiger partial charge in [0, 0.05) is 23.5 Å². The normalized spacial score (nSPS) is 12.1. The van der Waals surface area contributed by atoms with Gasteiger partial charge in [0.15, 0.2) is 11.5 Å². The molecule has 0 spiro atoms. The Bertz CT molecular complexity index is 1190. The van der Waals surface area contributed by atoms with Crippen LogP contribution in [0.15, 0.2) is 52.2 Å². The number of rotatable bonds is 9. The second-order valence-electron chi connectivity index (χ2n) is 8.04. The van der Waals surface area contributed by atoms with Crippen molar-refractivity contribution in [2.24, 2.45) is 11.0 Å². The monoisotopic (exact) mass is 530 g/mol. The predicted octanol–water partition coefficient (Wildman–Crippen LogP) is 4.09. The van der Waals surface area contributed by atoms with Gasteiger partial charge in [0.1, 0.15) is 6.04 Å². The fourth-order valence-corrected chi connectivity index (χ4v) is 3.69. The first-order chi connectivity index (χ1) is 16.3. The molecular formula is C24H27BrN4O5. The number of hydrogen-bond acceptors (Lipinski definition) is 6. The van der Waals surface area contributed by atoms with Gasteiger partial charge in [-0.05, 0) is 51.2 Å². The van der Waals surface area contributed by atoms with Crippen molar-refractivity contribution in [3.05, 3.63) is 58.2 Å². The van der Waals surface area contributed by atoms with E-state index in [9.17, 15) is 14.7 Å². The number of nitrogens with zero attached hydrogens (tertiary/aromatic N) is 1. The van der Waals surface area contributed by atoms with Gasteiger partial charge in [-0.2, -0.15) is 5.10 Å². The lowest BCUT2D eigenvalue weighted by molar-refractivity contribution is -0.123. The molecule has 9 nitrogen and oxygen atoms in total. The third kappa shape index (κ3) is 6.50. The molecule has 3 aromatic rings. The minimum Gasteiger partial charge on any atom is -0.503 e. The number of aromatic amines is 1. The number of aromatic hydroxyl groups is 1. The Balaban J connectivity index is 1.75. The Morgan fingerprint density at radius 3 is 2.76 bits per heavy atom. The number of methoxy groups -OCH3 is 1. The van der Waals surface area contributed by atoms with E-state index in [2.05, 4.69) is 36.8 Å². The molecule has 180 valence electrons. The number of H-pyrrole nitrogens is 1. The third-order valence-electron chi connectivity index (χ3n) is 4.91. The minimum atomic E-state index is -0.919. The number of halogens is 1. The number of hydrazone groups is 1. The lowest BCUT2D eigenvalue weighted by atomic mass is 10.0. The van der Waals surface area contributed by atoms with Crippen molar-refractivity contribution in [3.63, 3.8) is 0 Å². The number of fused-ring (bicyclic) bond motifs is 1. The third-order valence-corrected chi connectivity index (χ3v) is 5.52. The van der Waals surface area contributed by atoms with E-state index >= 15 is 0 Å². The van der Waals surface area contributed by atoms with Gasteiger partial charge in [-0.15, -0.1) is 0 Å². The quantitative estimate of drug-likeness (QED) is 0.245. The molecule has 0 radical (unpaired) electrons. The molecule has 0 aliphatic rings. The predicted molar refractivity (Wildman–Crippen MR) is 133 cm³/mol. The number of benzene rings is 2. The summed E-state index contributed by atoms with van der Waals surface area (Å²) in [7, 11) is 1.43. The van der Waals surface area contributed by atoms with E-state index in [1.54, 1.807) is 12.1 Å². The van der Waals surface area contributed by atoms with Gasteiger partial charge in [-0.1, -0.05) is 32.0 Å². The highest BCUT2D eigenvalue weighted by atomic mass is 79.9. The van der Waals surface area contributed by atoms with Crippen LogP contribution in [-0.4, -0.2) is 48.1 Å². The maximum absolute atomic E-state index is 12.9. The lowest BCUT2D eigenvalue weighted by Gasteiger charge is -2.17. The van der Waals surface area contributed by atoms with Crippen LogP contribution in [0, 0.1) is 5.92 Å². The topological polar surface area (TPSA) is 125 Å². The number of alkyl carbamates (subject to hydrolysis) is 1. The largest absolute Gasteiger partial charge is 0.503 e. The number of aromatic nitrogens is 1. The zero-order valence-corrected chi connectivity index (χ0v) is 20.7. The number of nitrogens with one attached hydrogen (secondary N) is 3. The molecule has 3 rings (SSSR count). The second kappa shape index (κ2) is 11.6. The highest BCUT2D eigenvalue weighted by Gasteiger charge is 2.23. The van der Waals surface area contributed by atoms with Gasteiger partial charge in [0.05, 0.1) is 24.4 Å². The molecule has 1 heterocycles. The number of hydrogen-bond donors (Lipinski definition) is 4. The van der Waals surface area contributed by atoms with Crippen LogP contribution in [0.4, 0.5) is 4.79 Å². The number of ether oxygens (including phenoxy) is 2. The molecule has 0 aliphatic heterocycles. The first-order valence-electron chi connectivity index (χ1n) is 10.7. The second-order valence-corrected chi connectivity index (χ2v) is 8.90. The summed E-state index contributed by atoms with van der Waals surface area (Å²) in [6, 6.07) is 9.98. The van der Waals surface area contributed by atoms with Gasteiger partial charge >= 0.3 is 6.09 Å². The Hall–Kier alpha value is -3.53. The number of para-hydroxylation sites is 1. The fraction of sp³-hybridized carbons (Fsp3) is 0.292. The van der Waals surface area contributed by atoms with E-state index in [-0.39, 0.29) is 30.4 Å². The number of phenolic OH excluding ortho intramolecular Hbond substituents is 1. The summed E-state index contributed by atoms with van der Waals surface area (Å²) in [6.07, 6.45) is 2.78. The van der Waals surface area contributed by atoms with Crippen molar-refractivity contribution < 1.29 is 24.2 Å². The van der Waals surface area contributed by atoms with Gasteiger partial charge in [-0.3, -0.25) is 4.79 Å². The van der Waals surface area contributed by atoms with E-state index in [1.807, 2.05) is 44.3 Å². The van der Waals surface area contributed by atoms with Crippen LogP contribution in [0.3, 0.4) is 0 Å². The van der Waals surface area contributed by atoms with Crippen LogP contribution in [-0.2, 0) is 16.0 Å². The fourth-order valence-electron chi connectivity index (χ4n) is 3.23. The molecule has 0 saturated heterocycles. The van der Waals surface area contributed by atoms with Crippen LogP contribution >= 0.6 is 15.9 Å². The maximum atomic E-state index is 12.9. The maximum Gasteiger partial charge on any atom is 0.407 e. The first kappa shape index (κ1) is 25.1. The molecule has 10 heteroatoms. The smallest absolute Gasteiger partial charge is 0.407 e. The summed E-state index contributed by atoms with van der Waals surface area (Å²) < 4.78 is 10.7. The summed E-state index contributed by atoms with van der Waals surface area (Å²) in [6.45, 7) is 4.09. The molecular weight excluding hydrogens is 504 g/mol.